The van der Waals surface area contributed by atoms with Gasteiger partial charge in [0.15, 0.2) is 0 Å². The van der Waals surface area contributed by atoms with Crippen molar-refractivity contribution in [1.82, 2.24) is 0 Å². The summed E-state index contributed by atoms with van der Waals surface area (Å²) in [6, 6.07) is 0. The highest BCUT2D eigenvalue weighted by molar-refractivity contribution is 7.98. The third-order valence-electron chi connectivity index (χ3n) is 6.92. The topological polar surface area (TPSA) is 9.23 Å². The first kappa shape index (κ1) is 18.1. The fourth-order valence-corrected chi connectivity index (χ4v) is 10.4. The van der Waals surface area contributed by atoms with Gasteiger partial charge in [0.1, 0.15) is 15.7 Å². The first-order valence-electron chi connectivity index (χ1n) is 10.4. The molecule has 3 fully saturated rings. The summed E-state index contributed by atoms with van der Waals surface area (Å²) >= 11 is 0. The monoisotopic (exact) mass is 339 g/mol. The maximum atomic E-state index is 5.84. The van der Waals surface area contributed by atoms with Gasteiger partial charge in [-0.25, -0.2) is 0 Å². The maximum Gasteiger partial charge on any atom is 0.119 e. The smallest absolute Gasteiger partial charge is 0.119 e. The second-order valence-electron chi connectivity index (χ2n) is 8.68. The standard InChI is InChI=1S/C21H39OS/c1-16-14-20(15-17(2)21(16)22-3)23(18-10-6-4-7-11-18)19-12-8-5-9-13-19/h16-21H,4-15H2,1-3H3/q+1. The van der Waals surface area contributed by atoms with Gasteiger partial charge in [0.2, 0.25) is 0 Å². The van der Waals surface area contributed by atoms with Crippen molar-refractivity contribution in [2.75, 3.05) is 7.11 Å². The van der Waals surface area contributed by atoms with Crippen LogP contribution in [-0.2, 0) is 15.6 Å². The number of methoxy groups -OCH3 is 1. The molecule has 0 bridgehead atoms. The normalized spacial score (nSPS) is 38.1. The van der Waals surface area contributed by atoms with E-state index in [0.717, 1.165) is 27.6 Å². The Bertz CT molecular complexity index is 316. The molecule has 0 aliphatic heterocycles. The molecular weight excluding hydrogens is 300 g/mol. The number of rotatable bonds is 4. The maximum absolute atomic E-state index is 5.84. The minimum Gasteiger partial charge on any atom is -0.381 e. The van der Waals surface area contributed by atoms with Crippen LogP contribution in [-0.4, -0.2) is 29.0 Å². The van der Waals surface area contributed by atoms with Gasteiger partial charge in [0.25, 0.3) is 0 Å². The van der Waals surface area contributed by atoms with Crippen LogP contribution in [0, 0.1) is 11.8 Å². The van der Waals surface area contributed by atoms with Crippen LogP contribution < -0.4 is 0 Å². The van der Waals surface area contributed by atoms with E-state index in [0.29, 0.717) is 17.0 Å². The molecule has 0 radical (unpaired) electrons. The van der Waals surface area contributed by atoms with Crippen molar-refractivity contribution in [1.29, 1.82) is 0 Å². The minimum atomic E-state index is 0.509. The van der Waals surface area contributed by atoms with Crippen molar-refractivity contribution in [3.8, 4) is 0 Å². The minimum absolute atomic E-state index is 0.509. The lowest BCUT2D eigenvalue weighted by Crippen LogP contribution is -2.48. The molecule has 0 aromatic rings. The van der Waals surface area contributed by atoms with Crippen molar-refractivity contribution in [3.05, 3.63) is 0 Å². The van der Waals surface area contributed by atoms with E-state index in [1.54, 1.807) is 25.7 Å². The van der Waals surface area contributed by atoms with Crippen LogP contribution in [0.4, 0.5) is 0 Å². The average Bonchev–Trinajstić information content (AvgIpc) is 2.57. The summed E-state index contributed by atoms with van der Waals surface area (Å²) in [6.45, 7) is 4.92. The predicted octanol–water partition coefficient (Wildman–Crippen LogP) is 5.72. The fourth-order valence-electron chi connectivity index (χ4n) is 5.93. The second kappa shape index (κ2) is 8.61. The summed E-state index contributed by atoms with van der Waals surface area (Å²) in [4.78, 5) is 0. The van der Waals surface area contributed by atoms with E-state index in [1.807, 2.05) is 7.11 Å². The van der Waals surface area contributed by atoms with Crippen LogP contribution in [0.25, 0.3) is 0 Å². The van der Waals surface area contributed by atoms with Gasteiger partial charge in [-0.15, -0.1) is 0 Å². The van der Waals surface area contributed by atoms with Crippen molar-refractivity contribution in [2.45, 2.75) is 113 Å². The van der Waals surface area contributed by atoms with Crippen LogP contribution in [0.1, 0.15) is 90.9 Å². The lowest BCUT2D eigenvalue weighted by Gasteiger charge is -2.42. The molecule has 134 valence electrons. The van der Waals surface area contributed by atoms with E-state index in [4.69, 9.17) is 4.74 Å². The lowest BCUT2D eigenvalue weighted by molar-refractivity contribution is -0.00553. The zero-order valence-electron chi connectivity index (χ0n) is 15.8. The SMILES string of the molecule is COC1C(C)CC([S+](C2CCCCC2)C2CCCCC2)CC1C. The number of ether oxygens (including phenoxy) is 1. The van der Waals surface area contributed by atoms with Gasteiger partial charge in [-0.1, -0.05) is 26.7 Å². The Morgan fingerprint density at radius 3 is 1.48 bits per heavy atom. The Morgan fingerprint density at radius 1 is 0.652 bits per heavy atom. The van der Waals surface area contributed by atoms with Crippen molar-refractivity contribution in [2.24, 2.45) is 11.8 Å². The predicted molar refractivity (Wildman–Crippen MR) is 103 cm³/mol. The van der Waals surface area contributed by atoms with Crippen LogP contribution in [0.3, 0.4) is 0 Å². The van der Waals surface area contributed by atoms with Gasteiger partial charge < -0.3 is 4.74 Å². The zero-order chi connectivity index (χ0) is 16.2. The van der Waals surface area contributed by atoms with Gasteiger partial charge in [0.05, 0.1) is 6.10 Å². The fraction of sp³-hybridized carbons (Fsp3) is 1.00. The molecule has 0 heterocycles. The quantitative estimate of drug-likeness (QED) is 0.595. The molecular formula is C21H39OS+. The Labute approximate surface area is 147 Å². The number of hydrogen-bond donors (Lipinski definition) is 0. The van der Waals surface area contributed by atoms with Crippen LogP contribution in [0.15, 0.2) is 0 Å². The van der Waals surface area contributed by atoms with Crippen molar-refractivity contribution in [3.63, 3.8) is 0 Å². The molecule has 1 nitrogen and oxygen atoms in total. The number of hydrogen-bond acceptors (Lipinski definition) is 1. The third-order valence-corrected chi connectivity index (χ3v) is 10.6. The average molecular weight is 340 g/mol. The molecule has 0 aromatic carbocycles. The summed E-state index contributed by atoms with van der Waals surface area (Å²) in [5.41, 5.74) is 0. The molecule has 3 aliphatic rings. The summed E-state index contributed by atoms with van der Waals surface area (Å²) in [7, 11) is 2.63. The Hall–Kier alpha value is 0.310. The summed E-state index contributed by atoms with van der Waals surface area (Å²) in [5, 5.41) is 3.17. The molecule has 3 saturated carbocycles. The highest BCUT2D eigenvalue weighted by Crippen LogP contribution is 2.43. The summed E-state index contributed by atoms with van der Waals surface area (Å²) in [5.74, 6) is 1.52. The molecule has 23 heavy (non-hydrogen) atoms. The molecule has 2 atom stereocenters. The van der Waals surface area contributed by atoms with Gasteiger partial charge in [0, 0.05) is 7.11 Å². The Kier molecular flexibility index (Phi) is 6.78. The van der Waals surface area contributed by atoms with E-state index in [9.17, 15) is 0 Å². The summed E-state index contributed by atoms with van der Waals surface area (Å²) < 4.78 is 5.84. The first-order valence-corrected chi connectivity index (χ1v) is 11.9. The van der Waals surface area contributed by atoms with Crippen molar-refractivity contribution >= 4 is 10.9 Å². The zero-order valence-corrected chi connectivity index (χ0v) is 16.6. The van der Waals surface area contributed by atoms with E-state index in [1.165, 1.54) is 51.4 Å². The molecule has 0 aromatic heterocycles. The highest BCUT2D eigenvalue weighted by atomic mass is 32.2. The van der Waals surface area contributed by atoms with Crippen LogP contribution in [0.2, 0.25) is 0 Å². The largest absolute Gasteiger partial charge is 0.381 e. The van der Waals surface area contributed by atoms with E-state index in [-0.39, 0.29) is 0 Å². The van der Waals surface area contributed by atoms with E-state index < -0.39 is 0 Å². The molecule has 2 heteroatoms. The molecule has 3 rings (SSSR count). The van der Waals surface area contributed by atoms with Gasteiger partial charge in [-0.05, 0) is 86.9 Å². The molecule has 0 spiro atoms. The molecule has 0 saturated heterocycles. The van der Waals surface area contributed by atoms with E-state index >= 15 is 0 Å². The second-order valence-corrected chi connectivity index (χ2v) is 11.5. The lowest BCUT2D eigenvalue weighted by atomic mass is 9.80. The molecule has 0 amide bonds. The van der Waals surface area contributed by atoms with Gasteiger partial charge in [-0.3, -0.25) is 0 Å². The molecule has 2 unspecified atom stereocenters. The Morgan fingerprint density at radius 2 is 1.09 bits per heavy atom. The first-order chi connectivity index (χ1) is 11.2. The highest BCUT2D eigenvalue weighted by Gasteiger charge is 2.49. The molecule has 0 N–H and O–H groups in total. The van der Waals surface area contributed by atoms with Gasteiger partial charge in [-0.2, -0.15) is 0 Å². The summed E-state index contributed by atoms with van der Waals surface area (Å²) in [6.07, 6.45) is 18.6. The van der Waals surface area contributed by atoms with Crippen LogP contribution >= 0.6 is 0 Å². The van der Waals surface area contributed by atoms with Crippen molar-refractivity contribution < 1.29 is 4.74 Å². The van der Waals surface area contributed by atoms with Crippen LogP contribution in [0.5, 0.6) is 0 Å². The molecule has 3 aliphatic carbocycles. The van der Waals surface area contributed by atoms with Gasteiger partial charge >= 0.3 is 0 Å². The van der Waals surface area contributed by atoms with E-state index in [2.05, 4.69) is 13.8 Å². The third kappa shape index (κ3) is 4.29. The Balaban J connectivity index is 1.74.